The van der Waals surface area contributed by atoms with Gasteiger partial charge in [0.25, 0.3) is 0 Å². The second-order valence-corrected chi connectivity index (χ2v) is 6.68. The van der Waals surface area contributed by atoms with Gasteiger partial charge in [-0.1, -0.05) is 48.5 Å². The third kappa shape index (κ3) is 1.54. The van der Waals surface area contributed by atoms with E-state index in [9.17, 15) is 0 Å². The van der Waals surface area contributed by atoms with Crippen molar-refractivity contribution >= 4 is 54.5 Å². The van der Waals surface area contributed by atoms with Crippen LogP contribution in [0.15, 0.2) is 77.2 Å². The van der Waals surface area contributed by atoms with Gasteiger partial charge in [-0.25, -0.2) is 0 Å². The highest BCUT2D eigenvalue weighted by Gasteiger charge is 2.17. The van der Waals surface area contributed by atoms with Gasteiger partial charge in [0, 0.05) is 34.1 Å². The first-order valence-electron chi connectivity index (χ1n) is 8.53. The molecule has 0 saturated carbocycles. The molecular weight excluding hydrogens is 306 g/mol. The second kappa shape index (κ2) is 4.42. The standard InChI is InChI=1S/C23H15NO/c1-24-19-9-5-4-8-16(19)17-12-13-20-21(22(17)24)18-11-10-14-6-2-3-7-15(14)23(18)25-20/h2-13H,1H3. The van der Waals surface area contributed by atoms with Gasteiger partial charge in [-0.3, -0.25) is 0 Å². The number of aryl methyl sites for hydroxylation is 1. The zero-order chi connectivity index (χ0) is 16.5. The monoisotopic (exact) mass is 321 g/mol. The number of furan rings is 1. The summed E-state index contributed by atoms with van der Waals surface area (Å²) in [6.45, 7) is 0. The van der Waals surface area contributed by atoms with E-state index in [1.165, 1.54) is 43.4 Å². The molecule has 0 aliphatic rings. The minimum absolute atomic E-state index is 0.949. The molecular formula is C23H15NO. The molecule has 6 aromatic rings. The van der Waals surface area contributed by atoms with Crippen molar-refractivity contribution in [2.75, 3.05) is 0 Å². The SMILES string of the molecule is Cn1c2ccccc2c2ccc3oc4c5ccccc5ccc4c3c21. The van der Waals surface area contributed by atoms with Crippen molar-refractivity contribution in [3.05, 3.63) is 72.8 Å². The van der Waals surface area contributed by atoms with Gasteiger partial charge in [0.15, 0.2) is 0 Å². The van der Waals surface area contributed by atoms with Gasteiger partial charge >= 0.3 is 0 Å². The Balaban J connectivity index is 1.94. The third-order valence-electron chi connectivity index (χ3n) is 5.39. The molecule has 0 N–H and O–H groups in total. The smallest absolute Gasteiger partial charge is 0.143 e. The van der Waals surface area contributed by atoms with E-state index in [1.54, 1.807) is 0 Å². The molecule has 0 unspecified atom stereocenters. The molecule has 2 heteroatoms. The molecule has 2 heterocycles. The van der Waals surface area contributed by atoms with Gasteiger partial charge in [-0.15, -0.1) is 0 Å². The fourth-order valence-electron chi connectivity index (χ4n) is 4.26. The fourth-order valence-corrected chi connectivity index (χ4v) is 4.26. The van der Waals surface area contributed by atoms with Crippen LogP contribution in [0, 0.1) is 0 Å². The maximum atomic E-state index is 6.31. The quantitative estimate of drug-likeness (QED) is 0.317. The summed E-state index contributed by atoms with van der Waals surface area (Å²) >= 11 is 0. The lowest BCUT2D eigenvalue weighted by molar-refractivity contribution is 0.673. The maximum Gasteiger partial charge on any atom is 0.143 e. The number of rotatable bonds is 0. The summed E-state index contributed by atoms with van der Waals surface area (Å²) in [4.78, 5) is 0. The Kier molecular flexibility index (Phi) is 2.31. The molecule has 118 valence electrons. The fraction of sp³-hybridized carbons (Fsp3) is 0.0435. The second-order valence-electron chi connectivity index (χ2n) is 6.68. The Labute approximate surface area is 143 Å². The molecule has 0 spiro atoms. The lowest BCUT2D eigenvalue weighted by Crippen LogP contribution is -1.86. The van der Waals surface area contributed by atoms with E-state index in [0.29, 0.717) is 0 Å². The molecule has 0 saturated heterocycles. The average Bonchev–Trinajstić information content (AvgIpc) is 3.18. The highest BCUT2D eigenvalue weighted by Crippen LogP contribution is 2.40. The largest absolute Gasteiger partial charge is 0.455 e. The zero-order valence-electron chi connectivity index (χ0n) is 13.8. The van der Waals surface area contributed by atoms with Crippen LogP contribution in [0.25, 0.3) is 54.5 Å². The van der Waals surface area contributed by atoms with Crippen molar-refractivity contribution < 1.29 is 4.42 Å². The lowest BCUT2D eigenvalue weighted by Gasteiger charge is -2.00. The van der Waals surface area contributed by atoms with Gasteiger partial charge in [0.1, 0.15) is 11.2 Å². The molecule has 0 amide bonds. The van der Waals surface area contributed by atoms with Crippen molar-refractivity contribution in [2.24, 2.45) is 7.05 Å². The Bertz CT molecular complexity index is 1450. The Morgan fingerprint density at radius 3 is 2.36 bits per heavy atom. The van der Waals surface area contributed by atoms with Crippen molar-refractivity contribution in [2.45, 2.75) is 0 Å². The molecule has 0 bridgehead atoms. The topological polar surface area (TPSA) is 18.1 Å². The number of nitrogens with zero attached hydrogens (tertiary/aromatic N) is 1. The Morgan fingerprint density at radius 2 is 1.44 bits per heavy atom. The number of fused-ring (bicyclic) bond motifs is 9. The van der Waals surface area contributed by atoms with Gasteiger partial charge in [-0.2, -0.15) is 0 Å². The number of aromatic nitrogens is 1. The molecule has 0 atom stereocenters. The summed E-state index contributed by atoms with van der Waals surface area (Å²) in [5.41, 5.74) is 4.42. The van der Waals surface area contributed by atoms with Crippen LogP contribution in [0.3, 0.4) is 0 Å². The van der Waals surface area contributed by atoms with E-state index in [2.05, 4.69) is 84.4 Å². The minimum atomic E-state index is 0.949. The van der Waals surface area contributed by atoms with Crippen LogP contribution in [-0.2, 0) is 7.05 Å². The van der Waals surface area contributed by atoms with Crippen molar-refractivity contribution in [1.29, 1.82) is 0 Å². The van der Waals surface area contributed by atoms with Crippen LogP contribution in [0.4, 0.5) is 0 Å². The van der Waals surface area contributed by atoms with Crippen LogP contribution in [0.1, 0.15) is 0 Å². The third-order valence-corrected chi connectivity index (χ3v) is 5.39. The molecule has 2 aromatic heterocycles. The highest BCUT2D eigenvalue weighted by molar-refractivity contribution is 6.26. The Hall–Kier alpha value is -3.26. The zero-order valence-corrected chi connectivity index (χ0v) is 13.8. The minimum Gasteiger partial charge on any atom is -0.455 e. The van der Waals surface area contributed by atoms with Crippen molar-refractivity contribution in [3.63, 3.8) is 0 Å². The molecule has 0 fully saturated rings. The summed E-state index contributed by atoms with van der Waals surface area (Å²) in [7, 11) is 2.14. The average molecular weight is 321 g/mol. The maximum absolute atomic E-state index is 6.31. The summed E-state index contributed by atoms with van der Waals surface area (Å²) in [6, 6.07) is 25.7. The lowest BCUT2D eigenvalue weighted by atomic mass is 10.0. The van der Waals surface area contributed by atoms with E-state index in [4.69, 9.17) is 4.42 Å². The summed E-state index contributed by atoms with van der Waals surface area (Å²) in [6.07, 6.45) is 0. The molecule has 25 heavy (non-hydrogen) atoms. The Morgan fingerprint density at radius 1 is 0.680 bits per heavy atom. The van der Waals surface area contributed by atoms with Gasteiger partial charge in [-0.05, 0) is 29.7 Å². The molecule has 0 aliphatic heterocycles. The van der Waals surface area contributed by atoms with E-state index in [0.717, 1.165) is 11.2 Å². The normalized spacial score (nSPS) is 12.2. The highest BCUT2D eigenvalue weighted by atomic mass is 16.3. The molecule has 2 nitrogen and oxygen atoms in total. The number of hydrogen-bond acceptors (Lipinski definition) is 1. The molecule has 0 aliphatic carbocycles. The first kappa shape index (κ1) is 13.1. The van der Waals surface area contributed by atoms with Crippen LogP contribution in [0.2, 0.25) is 0 Å². The first-order valence-corrected chi connectivity index (χ1v) is 8.53. The van der Waals surface area contributed by atoms with E-state index < -0.39 is 0 Å². The molecule has 6 rings (SSSR count). The van der Waals surface area contributed by atoms with Gasteiger partial charge in [0.2, 0.25) is 0 Å². The number of hydrogen-bond donors (Lipinski definition) is 0. The van der Waals surface area contributed by atoms with Crippen LogP contribution in [-0.4, -0.2) is 4.57 Å². The van der Waals surface area contributed by atoms with Crippen molar-refractivity contribution in [3.8, 4) is 0 Å². The predicted molar refractivity (Wildman–Crippen MR) is 105 cm³/mol. The van der Waals surface area contributed by atoms with E-state index in [1.807, 2.05) is 0 Å². The summed E-state index contributed by atoms with van der Waals surface area (Å²) in [5, 5.41) is 7.34. The van der Waals surface area contributed by atoms with Crippen LogP contribution < -0.4 is 0 Å². The predicted octanol–water partition coefficient (Wildman–Crippen LogP) is 6.38. The van der Waals surface area contributed by atoms with Gasteiger partial charge < -0.3 is 8.98 Å². The number of para-hydroxylation sites is 1. The van der Waals surface area contributed by atoms with Crippen LogP contribution >= 0.6 is 0 Å². The summed E-state index contributed by atoms with van der Waals surface area (Å²) in [5.74, 6) is 0. The first-order chi connectivity index (χ1) is 12.3. The van der Waals surface area contributed by atoms with Gasteiger partial charge in [0.05, 0.1) is 10.9 Å². The van der Waals surface area contributed by atoms with Crippen molar-refractivity contribution in [1.82, 2.24) is 4.57 Å². The van der Waals surface area contributed by atoms with E-state index >= 15 is 0 Å². The molecule has 0 radical (unpaired) electrons. The summed E-state index contributed by atoms with van der Waals surface area (Å²) < 4.78 is 8.60. The van der Waals surface area contributed by atoms with E-state index in [-0.39, 0.29) is 0 Å². The molecule has 4 aromatic carbocycles. The van der Waals surface area contributed by atoms with Crippen LogP contribution in [0.5, 0.6) is 0 Å². The number of benzene rings is 4.